The van der Waals surface area contributed by atoms with Crippen molar-refractivity contribution in [2.24, 2.45) is 0 Å². The Labute approximate surface area is 108 Å². The predicted octanol–water partition coefficient (Wildman–Crippen LogP) is 1.90. The van der Waals surface area contributed by atoms with Crippen molar-refractivity contribution in [1.29, 1.82) is 0 Å². The Kier molecular flexibility index (Phi) is 2.62. The maximum atomic E-state index is 13.3. The number of H-pyrrole nitrogens is 1. The van der Waals surface area contributed by atoms with Crippen molar-refractivity contribution in [3.05, 3.63) is 24.5 Å². The molecule has 0 bridgehead atoms. The summed E-state index contributed by atoms with van der Waals surface area (Å²) < 4.78 is 26.5. The Morgan fingerprint density at radius 1 is 1.32 bits per heavy atom. The number of alkyl halides is 2. The molecule has 0 unspecified atom stereocenters. The number of hydrogen-bond acceptors (Lipinski definition) is 4. The number of pyridine rings is 1. The van der Waals surface area contributed by atoms with Gasteiger partial charge < -0.3 is 10.6 Å². The number of nitrogens with zero attached hydrogens (tertiary/aromatic N) is 3. The van der Waals surface area contributed by atoms with Crippen molar-refractivity contribution < 1.29 is 8.78 Å². The van der Waals surface area contributed by atoms with Crippen molar-refractivity contribution in [3.8, 4) is 11.3 Å². The number of hydrogen-bond donors (Lipinski definition) is 2. The molecule has 0 saturated carbocycles. The fourth-order valence-corrected chi connectivity index (χ4v) is 2.27. The second-order valence-electron chi connectivity index (χ2n) is 4.59. The summed E-state index contributed by atoms with van der Waals surface area (Å²) in [5, 5.41) is 6.66. The number of aromatic amines is 1. The maximum absolute atomic E-state index is 13.3. The van der Waals surface area contributed by atoms with Crippen LogP contribution in [0.5, 0.6) is 0 Å². The summed E-state index contributed by atoms with van der Waals surface area (Å²) in [5.41, 5.74) is 7.90. The Morgan fingerprint density at radius 2 is 2.16 bits per heavy atom. The van der Waals surface area contributed by atoms with E-state index in [1.54, 1.807) is 24.5 Å². The summed E-state index contributed by atoms with van der Waals surface area (Å²) in [4.78, 5) is 5.65. The highest BCUT2D eigenvalue weighted by Crippen LogP contribution is 2.36. The average molecular weight is 265 g/mol. The van der Waals surface area contributed by atoms with E-state index in [0.29, 0.717) is 11.5 Å². The van der Waals surface area contributed by atoms with Crippen molar-refractivity contribution in [1.82, 2.24) is 15.2 Å². The molecule has 19 heavy (non-hydrogen) atoms. The number of rotatable bonds is 2. The van der Waals surface area contributed by atoms with Gasteiger partial charge in [-0.2, -0.15) is 5.10 Å². The Balaban J connectivity index is 1.98. The lowest BCUT2D eigenvalue weighted by molar-refractivity contribution is 0.0257. The van der Waals surface area contributed by atoms with Gasteiger partial charge in [0.2, 0.25) is 0 Å². The van der Waals surface area contributed by atoms with E-state index in [2.05, 4.69) is 15.2 Å². The van der Waals surface area contributed by atoms with Crippen molar-refractivity contribution in [2.75, 3.05) is 23.7 Å². The van der Waals surface area contributed by atoms with Crippen molar-refractivity contribution in [2.45, 2.75) is 12.3 Å². The molecule has 0 amide bonds. The van der Waals surface area contributed by atoms with E-state index in [9.17, 15) is 8.78 Å². The van der Waals surface area contributed by atoms with Gasteiger partial charge in [-0.15, -0.1) is 0 Å². The van der Waals surface area contributed by atoms with Crippen LogP contribution in [0.25, 0.3) is 11.3 Å². The summed E-state index contributed by atoms with van der Waals surface area (Å²) in [6, 6.07) is 3.51. The molecule has 2 aromatic heterocycles. The fraction of sp³-hybridized carbons (Fsp3) is 0.333. The second kappa shape index (κ2) is 4.18. The smallest absolute Gasteiger partial charge is 0.266 e. The van der Waals surface area contributed by atoms with Crippen molar-refractivity contribution >= 4 is 11.5 Å². The van der Waals surface area contributed by atoms with Gasteiger partial charge in [-0.3, -0.25) is 5.10 Å². The first-order chi connectivity index (χ1) is 9.07. The maximum Gasteiger partial charge on any atom is 0.266 e. The van der Waals surface area contributed by atoms with Gasteiger partial charge in [0.1, 0.15) is 0 Å². The molecule has 1 aliphatic rings. The molecular formula is C12H13F2N5. The van der Waals surface area contributed by atoms with Crippen LogP contribution in [0.4, 0.5) is 20.3 Å². The van der Waals surface area contributed by atoms with Crippen LogP contribution in [0.3, 0.4) is 0 Å². The molecule has 0 aromatic carbocycles. The van der Waals surface area contributed by atoms with Crippen LogP contribution in [0.1, 0.15) is 6.42 Å². The van der Waals surface area contributed by atoms with Crippen LogP contribution >= 0.6 is 0 Å². The molecule has 7 heteroatoms. The highest BCUT2D eigenvalue weighted by molar-refractivity contribution is 5.82. The lowest BCUT2D eigenvalue weighted by Gasteiger charge is -2.20. The lowest BCUT2D eigenvalue weighted by atomic mass is 10.1. The Morgan fingerprint density at radius 3 is 2.79 bits per heavy atom. The molecule has 1 aliphatic heterocycles. The van der Waals surface area contributed by atoms with Gasteiger partial charge in [0.25, 0.3) is 5.92 Å². The summed E-state index contributed by atoms with van der Waals surface area (Å²) in [5.74, 6) is -2.26. The average Bonchev–Trinajstić information content (AvgIpc) is 2.99. The van der Waals surface area contributed by atoms with E-state index in [4.69, 9.17) is 5.73 Å². The summed E-state index contributed by atoms with van der Waals surface area (Å²) in [7, 11) is 0. The summed E-state index contributed by atoms with van der Waals surface area (Å²) >= 11 is 0. The standard InChI is InChI=1S/C12H13F2N5/c13-12(14)3-6-19(7-12)11-10(15)8(1-4-16-11)9-2-5-17-18-9/h1-2,4-5H,3,6-7,15H2,(H,17,18). The Hall–Kier alpha value is -2.18. The van der Waals surface area contributed by atoms with E-state index < -0.39 is 5.92 Å². The molecule has 1 saturated heterocycles. The molecule has 0 atom stereocenters. The molecule has 1 fully saturated rings. The molecule has 5 nitrogen and oxygen atoms in total. The van der Waals surface area contributed by atoms with Gasteiger partial charge in [0.15, 0.2) is 5.82 Å². The predicted molar refractivity (Wildman–Crippen MR) is 68.0 cm³/mol. The van der Waals surface area contributed by atoms with E-state index in [1.807, 2.05) is 0 Å². The minimum absolute atomic E-state index is 0.164. The summed E-state index contributed by atoms with van der Waals surface area (Å²) in [6.45, 7) is -0.0761. The zero-order valence-corrected chi connectivity index (χ0v) is 10.1. The van der Waals surface area contributed by atoms with Crippen LogP contribution < -0.4 is 10.6 Å². The molecule has 0 spiro atoms. The summed E-state index contributed by atoms with van der Waals surface area (Å²) in [6.07, 6.45) is 3.01. The Bertz CT molecular complexity index is 582. The van der Waals surface area contributed by atoms with E-state index in [1.165, 1.54) is 4.90 Å². The zero-order valence-electron chi connectivity index (χ0n) is 10.1. The van der Waals surface area contributed by atoms with Gasteiger partial charge in [0.05, 0.1) is 17.9 Å². The molecule has 3 heterocycles. The molecule has 0 aliphatic carbocycles. The van der Waals surface area contributed by atoms with Crippen LogP contribution in [0.15, 0.2) is 24.5 Å². The number of anilines is 2. The van der Waals surface area contributed by atoms with E-state index in [0.717, 1.165) is 11.3 Å². The number of nitrogens with two attached hydrogens (primary N) is 1. The topological polar surface area (TPSA) is 70.8 Å². The van der Waals surface area contributed by atoms with Crippen LogP contribution in [-0.2, 0) is 0 Å². The molecule has 3 rings (SSSR count). The third-order valence-electron chi connectivity index (χ3n) is 3.23. The van der Waals surface area contributed by atoms with Gasteiger partial charge in [-0.1, -0.05) is 0 Å². The zero-order chi connectivity index (χ0) is 13.5. The van der Waals surface area contributed by atoms with E-state index in [-0.39, 0.29) is 19.5 Å². The monoisotopic (exact) mass is 265 g/mol. The first kappa shape index (κ1) is 11.9. The third kappa shape index (κ3) is 2.11. The first-order valence-corrected chi connectivity index (χ1v) is 5.94. The quantitative estimate of drug-likeness (QED) is 0.870. The highest BCUT2D eigenvalue weighted by Gasteiger charge is 2.39. The van der Waals surface area contributed by atoms with Gasteiger partial charge in [0, 0.05) is 30.9 Å². The first-order valence-electron chi connectivity index (χ1n) is 5.94. The van der Waals surface area contributed by atoms with Crippen molar-refractivity contribution in [3.63, 3.8) is 0 Å². The van der Waals surface area contributed by atoms with Gasteiger partial charge in [-0.25, -0.2) is 13.8 Å². The fourth-order valence-electron chi connectivity index (χ4n) is 2.27. The number of nitrogens with one attached hydrogen (secondary N) is 1. The lowest BCUT2D eigenvalue weighted by Crippen LogP contribution is -2.26. The largest absolute Gasteiger partial charge is 0.395 e. The van der Waals surface area contributed by atoms with E-state index >= 15 is 0 Å². The third-order valence-corrected chi connectivity index (χ3v) is 3.23. The highest BCUT2D eigenvalue weighted by atomic mass is 19.3. The minimum Gasteiger partial charge on any atom is -0.395 e. The minimum atomic E-state index is -2.67. The molecule has 2 aromatic rings. The number of aromatic nitrogens is 3. The normalized spacial score (nSPS) is 17.9. The SMILES string of the molecule is Nc1c(-c2ccn[nH]2)ccnc1N1CCC(F)(F)C1. The second-order valence-corrected chi connectivity index (χ2v) is 4.59. The van der Waals surface area contributed by atoms with Crippen LogP contribution in [0, 0.1) is 0 Å². The molecule has 100 valence electrons. The van der Waals surface area contributed by atoms with Crippen LogP contribution in [0.2, 0.25) is 0 Å². The van der Waals surface area contributed by atoms with Crippen LogP contribution in [-0.4, -0.2) is 34.2 Å². The molecular weight excluding hydrogens is 252 g/mol. The molecule has 0 radical (unpaired) electrons. The molecule has 3 N–H and O–H groups in total. The number of nitrogen functional groups attached to an aromatic ring is 1. The number of halogens is 2. The van der Waals surface area contributed by atoms with Gasteiger partial charge >= 0.3 is 0 Å². The van der Waals surface area contributed by atoms with Gasteiger partial charge in [-0.05, 0) is 12.1 Å².